The predicted octanol–water partition coefficient (Wildman–Crippen LogP) is 3.57. The predicted molar refractivity (Wildman–Crippen MR) is 85.8 cm³/mol. The van der Waals surface area contributed by atoms with E-state index in [4.69, 9.17) is 4.74 Å². The van der Waals surface area contributed by atoms with Crippen LogP contribution in [-0.2, 0) is 0 Å². The smallest absolute Gasteiger partial charge is 0.318 e. The van der Waals surface area contributed by atoms with Crippen molar-refractivity contribution in [1.82, 2.24) is 19.9 Å². The van der Waals surface area contributed by atoms with E-state index in [0.717, 1.165) is 33.1 Å². The lowest BCUT2D eigenvalue weighted by Crippen LogP contribution is -1.96. The van der Waals surface area contributed by atoms with Crippen LogP contribution in [0.3, 0.4) is 0 Å². The second kappa shape index (κ2) is 5.11. The number of hydrogen-bond acceptors (Lipinski definition) is 4. The van der Waals surface area contributed by atoms with Crippen molar-refractivity contribution in [2.75, 3.05) is 6.61 Å². The van der Waals surface area contributed by atoms with Gasteiger partial charge >= 0.3 is 6.01 Å². The van der Waals surface area contributed by atoms with E-state index in [-0.39, 0.29) is 0 Å². The van der Waals surface area contributed by atoms with Gasteiger partial charge in [-0.25, -0.2) is 4.98 Å². The number of fused-ring (bicyclic) bond motifs is 2. The van der Waals surface area contributed by atoms with E-state index < -0.39 is 0 Å². The maximum Gasteiger partial charge on any atom is 0.318 e. The number of hydrogen-bond donors (Lipinski definition) is 1. The molecule has 0 bridgehead atoms. The zero-order valence-corrected chi connectivity index (χ0v) is 12.1. The highest BCUT2D eigenvalue weighted by molar-refractivity contribution is 5.95. The van der Waals surface area contributed by atoms with Crippen molar-refractivity contribution in [1.29, 1.82) is 0 Å². The topological polar surface area (TPSA) is 63.7 Å². The minimum absolute atomic E-state index is 0.395. The van der Waals surface area contributed by atoms with Crippen LogP contribution < -0.4 is 4.74 Å². The Morgan fingerprint density at radius 2 is 2.14 bits per heavy atom. The quantitative estimate of drug-likeness (QED) is 0.626. The van der Waals surface area contributed by atoms with E-state index in [1.807, 2.05) is 25.3 Å². The zero-order chi connectivity index (χ0) is 14.9. The fourth-order valence-electron chi connectivity index (χ4n) is 2.57. The molecule has 4 rings (SSSR count). The highest BCUT2D eigenvalue weighted by Gasteiger charge is 2.10. The third-order valence-corrected chi connectivity index (χ3v) is 3.60. The van der Waals surface area contributed by atoms with Crippen LogP contribution in [0, 0.1) is 0 Å². The fourth-order valence-corrected chi connectivity index (χ4v) is 2.57. The van der Waals surface area contributed by atoms with Gasteiger partial charge in [0.1, 0.15) is 5.65 Å². The summed E-state index contributed by atoms with van der Waals surface area (Å²) in [5.41, 5.74) is 3.95. The third-order valence-electron chi connectivity index (χ3n) is 3.60. The van der Waals surface area contributed by atoms with E-state index in [9.17, 15) is 0 Å². The van der Waals surface area contributed by atoms with Gasteiger partial charge in [0.05, 0.1) is 12.1 Å². The molecule has 108 valence electrons. The van der Waals surface area contributed by atoms with Crippen LogP contribution in [0.5, 0.6) is 6.01 Å². The molecule has 3 heterocycles. The second-order valence-electron chi connectivity index (χ2n) is 4.96. The largest absolute Gasteiger partial charge is 0.464 e. The van der Waals surface area contributed by atoms with Crippen LogP contribution in [0.25, 0.3) is 33.1 Å². The number of benzene rings is 1. The molecular formula is C17H14N4O. The second-order valence-corrected chi connectivity index (χ2v) is 4.96. The minimum Gasteiger partial charge on any atom is -0.464 e. The summed E-state index contributed by atoms with van der Waals surface area (Å²) in [5.74, 6) is 0. The van der Waals surface area contributed by atoms with Crippen molar-refractivity contribution in [3.63, 3.8) is 0 Å². The van der Waals surface area contributed by atoms with Gasteiger partial charge in [0.2, 0.25) is 0 Å². The van der Waals surface area contributed by atoms with Crippen molar-refractivity contribution in [2.45, 2.75) is 6.92 Å². The van der Waals surface area contributed by atoms with Gasteiger partial charge in [-0.15, -0.1) is 0 Å². The first-order valence-electron chi connectivity index (χ1n) is 7.17. The summed E-state index contributed by atoms with van der Waals surface area (Å²) in [6, 6.07) is 10.6. The molecule has 0 atom stereocenters. The average Bonchev–Trinajstić information content (AvgIpc) is 2.98. The number of rotatable bonds is 3. The lowest BCUT2D eigenvalue weighted by Gasteiger charge is -2.03. The van der Waals surface area contributed by atoms with E-state index in [0.29, 0.717) is 12.6 Å². The van der Waals surface area contributed by atoms with E-state index >= 15 is 0 Å². The van der Waals surface area contributed by atoms with Crippen LogP contribution in [0.1, 0.15) is 6.92 Å². The summed E-state index contributed by atoms with van der Waals surface area (Å²) in [6.07, 6.45) is 5.55. The van der Waals surface area contributed by atoms with E-state index in [2.05, 4.69) is 38.1 Å². The molecule has 0 spiro atoms. The van der Waals surface area contributed by atoms with Gasteiger partial charge in [0.15, 0.2) is 0 Å². The zero-order valence-electron chi connectivity index (χ0n) is 12.1. The molecule has 5 heteroatoms. The molecule has 0 aliphatic rings. The Bertz CT molecular complexity index is 961. The van der Waals surface area contributed by atoms with Crippen molar-refractivity contribution >= 4 is 21.9 Å². The number of ether oxygens (including phenoxy) is 1. The number of nitrogens with zero attached hydrogens (tertiary/aromatic N) is 3. The lowest BCUT2D eigenvalue weighted by molar-refractivity contribution is 0.314. The Morgan fingerprint density at radius 3 is 3.05 bits per heavy atom. The van der Waals surface area contributed by atoms with E-state index in [1.165, 1.54) is 0 Å². The Kier molecular flexibility index (Phi) is 2.96. The first-order valence-corrected chi connectivity index (χ1v) is 7.17. The maximum absolute atomic E-state index is 5.34. The molecule has 0 aliphatic heterocycles. The summed E-state index contributed by atoms with van der Waals surface area (Å²) < 4.78 is 5.34. The van der Waals surface area contributed by atoms with E-state index in [1.54, 1.807) is 12.4 Å². The van der Waals surface area contributed by atoms with Crippen molar-refractivity contribution in [2.24, 2.45) is 0 Å². The van der Waals surface area contributed by atoms with Crippen LogP contribution in [-0.4, -0.2) is 26.5 Å². The van der Waals surface area contributed by atoms with Gasteiger partial charge in [-0.1, -0.05) is 12.1 Å². The summed E-state index contributed by atoms with van der Waals surface area (Å²) in [7, 11) is 0. The minimum atomic E-state index is 0.395. The van der Waals surface area contributed by atoms with Gasteiger partial charge in [-0.3, -0.25) is 4.98 Å². The molecule has 4 aromatic rings. The first kappa shape index (κ1) is 12.8. The number of pyridine rings is 1. The third kappa shape index (κ3) is 2.07. The van der Waals surface area contributed by atoms with Crippen molar-refractivity contribution in [3.8, 4) is 17.1 Å². The summed E-state index contributed by atoms with van der Waals surface area (Å²) >= 11 is 0. The Hall–Kier alpha value is -2.95. The molecule has 0 unspecified atom stereocenters. The number of H-pyrrole nitrogens is 1. The van der Waals surface area contributed by atoms with Crippen LogP contribution in [0.2, 0.25) is 0 Å². The number of nitrogens with one attached hydrogen (secondary N) is 1. The van der Waals surface area contributed by atoms with Crippen LogP contribution in [0.15, 0.2) is 48.9 Å². The number of aromatic amines is 1. The molecule has 0 fully saturated rings. The molecule has 0 radical (unpaired) electrons. The summed E-state index contributed by atoms with van der Waals surface area (Å²) in [5, 5.41) is 2.09. The molecule has 0 saturated heterocycles. The normalized spacial score (nSPS) is 11.1. The highest BCUT2D eigenvalue weighted by atomic mass is 16.5. The van der Waals surface area contributed by atoms with Gasteiger partial charge in [-0.05, 0) is 30.7 Å². The Morgan fingerprint density at radius 1 is 1.18 bits per heavy atom. The van der Waals surface area contributed by atoms with Crippen molar-refractivity contribution < 1.29 is 4.74 Å². The molecule has 0 saturated carbocycles. The fraction of sp³-hybridized carbons (Fsp3) is 0.118. The first-order chi connectivity index (χ1) is 10.8. The molecule has 1 aromatic carbocycles. The molecule has 5 nitrogen and oxygen atoms in total. The lowest BCUT2D eigenvalue weighted by atomic mass is 10.0. The van der Waals surface area contributed by atoms with Crippen LogP contribution >= 0.6 is 0 Å². The van der Waals surface area contributed by atoms with Crippen LogP contribution in [0.4, 0.5) is 0 Å². The number of aromatic nitrogens is 4. The highest BCUT2D eigenvalue weighted by Crippen LogP contribution is 2.29. The molecule has 3 aromatic heterocycles. The Labute approximate surface area is 127 Å². The molecule has 22 heavy (non-hydrogen) atoms. The Balaban J connectivity index is 1.85. The molecule has 1 N–H and O–H groups in total. The van der Waals surface area contributed by atoms with Gasteiger partial charge < -0.3 is 9.72 Å². The van der Waals surface area contributed by atoms with Gasteiger partial charge in [0, 0.05) is 34.9 Å². The summed E-state index contributed by atoms with van der Waals surface area (Å²) in [6.45, 7) is 2.47. The molecular weight excluding hydrogens is 276 g/mol. The van der Waals surface area contributed by atoms with Gasteiger partial charge in [0.25, 0.3) is 0 Å². The summed E-state index contributed by atoms with van der Waals surface area (Å²) in [4.78, 5) is 16.2. The van der Waals surface area contributed by atoms with Crippen molar-refractivity contribution in [3.05, 3.63) is 48.9 Å². The molecule has 0 amide bonds. The van der Waals surface area contributed by atoms with Gasteiger partial charge in [-0.2, -0.15) is 4.98 Å². The maximum atomic E-state index is 5.34. The molecule has 0 aliphatic carbocycles. The monoisotopic (exact) mass is 290 g/mol. The average molecular weight is 290 g/mol. The SMILES string of the molecule is CCOc1ncc2c(-c3ccc4ncccc4c3)c[nH]c2n1. The standard InChI is InChI=1S/C17H14N4O/c1-2-22-17-20-10-14-13(9-19-16(14)21-17)11-5-6-15-12(8-11)4-3-7-18-15/h3-10H,2H2,1H3,(H,19,20,21).